The highest BCUT2D eigenvalue weighted by molar-refractivity contribution is 5.87. The summed E-state index contributed by atoms with van der Waals surface area (Å²) in [5.41, 5.74) is 0. The van der Waals surface area contributed by atoms with E-state index in [1.807, 2.05) is 0 Å². The third-order valence-corrected chi connectivity index (χ3v) is 2.54. The fourth-order valence-corrected chi connectivity index (χ4v) is 1.98. The Morgan fingerprint density at radius 1 is 1.40 bits per heavy atom. The number of rotatable bonds is 1. The molecule has 2 rings (SSSR count). The summed E-state index contributed by atoms with van der Waals surface area (Å²) in [5.74, 6) is -0.261. The first-order chi connectivity index (χ1) is 4.70. The predicted molar refractivity (Wildman–Crippen MR) is 32.3 cm³/mol. The third-order valence-electron chi connectivity index (χ3n) is 2.54. The Hall–Kier alpha value is -0.860. The van der Waals surface area contributed by atoms with Crippen molar-refractivity contribution >= 4 is 11.8 Å². The van der Waals surface area contributed by atoms with Crippen molar-refractivity contribution in [1.82, 2.24) is 0 Å². The molecule has 2 saturated carbocycles. The van der Waals surface area contributed by atoms with Gasteiger partial charge >= 0.3 is 5.97 Å². The highest BCUT2D eigenvalue weighted by Crippen LogP contribution is 2.55. The number of carboxylic acids is 1. The number of aliphatic carboxylic acids is 1. The molecule has 0 aromatic rings. The molecule has 0 aromatic carbocycles. The fraction of sp³-hybridized carbons (Fsp3) is 0.714. The molecule has 0 spiro atoms. The molecule has 0 saturated heterocycles. The van der Waals surface area contributed by atoms with Gasteiger partial charge in [0, 0.05) is 12.8 Å². The molecule has 3 nitrogen and oxygen atoms in total. The lowest BCUT2D eigenvalue weighted by molar-refractivity contribution is -0.139. The van der Waals surface area contributed by atoms with E-state index in [0.29, 0.717) is 12.8 Å². The Morgan fingerprint density at radius 3 is 2.30 bits per heavy atom. The summed E-state index contributed by atoms with van der Waals surface area (Å²) in [6.07, 6.45) is 1.03. The molecule has 2 aliphatic rings. The number of carbonyl (C=O) groups excluding carboxylic acids is 1. The van der Waals surface area contributed by atoms with Gasteiger partial charge < -0.3 is 5.11 Å². The normalized spacial score (nSPS) is 43.2. The molecule has 3 atom stereocenters. The van der Waals surface area contributed by atoms with Crippen molar-refractivity contribution in [3.8, 4) is 0 Å². The van der Waals surface area contributed by atoms with E-state index in [2.05, 4.69) is 0 Å². The number of hydrogen-bond donors (Lipinski definition) is 1. The smallest absolute Gasteiger partial charge is 0.307 e. The fourth-order valence-electron chi connectivity index (χ4n) is 1.98. The monoisotopic (exact) mass is 140 g/mol. The van der Waals surface area contributed by atoms with Gasteiger partial charge in [-0.1, -0.05) is 0 Å². The van der Waals surface area contributed by atoms with Crippen molar-refractivity contribution in [3.05, 3.63) is 0 Å². The Morgan fingerprint density at radius 2 is 1.90 bits per heavy atom. The summed E-state index contributed by atoms with van der Waals surface area (Å²) >= 11 is 0. The van der Waals surface area contributed by atoms with Crippen molar-refractivity contribution in [1.29, 1.82) is 0 Å². The van der Waals surface area contributed by atoms with Gasteiger partial charge in [-0.3, -0.25) is 9.59 Å². The molecule has 0 unspecified atom stereocenters. The Balaban J connectivity index is 2.04. The molecule has 0 amide bonds. The van der Waals surface area contributed by atoms with Crippen LogP contribution in [0.3, 0.4) is 0 Å². The predicted octanol–water partition coefficient (Wildman–Crippen LogP) is 0.296. The topological polar surface area (TPSA) is 54.4 Å². The van der Waals surface area contributed by atoms with Crippen LogP contribution < -0.4 is 0 Å². The van der Waals surface area contributed by atoms with Gasteiger partial charge in [0.2, 0.25) is 0 Å². The van der Waals surface area contributed by atoms with Gasteiger partial charge in [0.1, 0.15) is 5.78 Å². The Labute approximate surface area is 58.0 Å². The summed E-state index contributed by atoms with van der Waals surface area (Å²) < 4.78 is 0. The van der Waals surface area contributed by atoms with Crippen LogP contribution in [0.25, 0.3) is 0 Å². The van der Waals surface area contributed by atoms with E-state index in [1.54, 1.807) is 0 Å². The molecule has 1 N–H and O–H groups in total. The second-order valence-electron chi connectivity index (χ2n) is 3.14. The highest BCUT2D eigenvalue weighted by atomic mass is 16.4. The van der Waals surface area contributed by atoms with E-state index in [4.69, 9.17) is 5.11 Å². The summed E-state index contributed by atoms with van der Waals surface area (Å²) in [4.78, 5) is 21.0. The Kier molecular flexibility index (Phi) is 0.938. The van der Waals surface area contributed by atoms with E-state index in [9.17, 15) is 9.59 Å². The minimum atomic E-state index is -0.720. The number of hydrogen-bond acceptors (Lipinski definition) is 2. The summed E-state index contributed by atoms with van der Waals surface area (Å²) in [6.45, 7) is 0. The van der Waals surface area contributed by atoms with Gasteiger partial charge in [-0.25, -0.2) is 0 Å². The van der Waals surface area contributed by atoms with Gasteiger partial charge in [0.05, 0.1) is 5.92 Å². The van der Waals surface area contributed by atoms with Crippen LogP contribution in [0, 0.1) is 17.8 Å². The molecule has 2 aliphatic carbocycles. The van der Waals surface area contributed by atoms with Crippen LogP contribution >= 0.6 is 0 Å². The van der Waals surface area contributed by atoms with Gasteiger partial charge in [0.25, 0.3) is 0 Å². The largest absolute Gasteiger partial charge is 0.481 e. The zero-order valence-electron chi connectivity index (χ0n) is 5.41. The quantitative estimate of drug-likeness (QED) is 0.569. The van der Waals surface area contributed by atoms with Crippen LogP contribution in [-0.2, 0) is 9.59 Å². The van der Waals surface area contributed by atoms with E-state index in [0.717, 1.165) is 0 Å². The maximum atomic E-state index is 10.7. The lowest BCUT2D eigenvalue weighted by Crippen LogP contribution is -2.06. The van der Waals surface area contributed by atoms with Crippen molar-refractivity contribution in [2.24, 2.45) is 17.8 Å². The molecule has 0 aromatic heterocycles. The first-order valence-corrected chi connectivity index (χ1v) is 3.44. The molecule has 0 radical (unpaired) electrons. The van der Waals surface area contributed by atoms with E-state index in [-0.39, 0.29) is 23.5 Å². The third kappa shape index (κ3) is 0.602. The SMILES string of the molecule is O=C1C[C@@H]2[C@H](C1)[C@@H]2C(=O)O. The number of carbonyl (C=O) groups is 2. The number of Topliss-reactive ketones (excluding diaryl/α,β-unsaturated/α-hetero) is 1. The van der Waals surface area contributed by atoms with Crippen LogP contribution in [0.1, 0.15) is 12.8 Å². The first-order valence-electron chi connectivity index (χ1n) is 3.44. The summed E-state index contributed by atoms with van der Waals surface area (Å²) in [7, 11) is 0. The van der Waals surface area contributed by atoms with Crippen LogP contribution in [0.15, 0.2) is 0 Å². The van der Waals surface area contributed by atoms with E-state index < -0.39 is 5.97 Å². The maximum absolute atomic E-state index is 10.7. The van der Waals surface area contributed by atoms with E-state index in [1.165, 1.54) is 0 Å². The molecule has 0 aliphatic heterocycles. The minimum absolute atomic E-state index is 0.183. The lowest BCUT2D eigenvalue weighted by atomic mass is 10.1. The van der Waals surface area contributed by atoms with Gasteiger partial charge in [0.15, 0.2) is 0 Å². The van der Waals surface area contributed by atoms with Gasteiger partial charge in [-0.15, -0.1) is 0 Å². The summed E-state index contributed by atoms with van der Waals surface area (Å²) in [5, 5.41) is 8.53. The molecular weight excluding hydrogens is 132 g/mol. The van der Waals surface area contributed by atoms with Crippen LogP contribution in [-0.4, -0.2) is 16.9 Å². The molecule has 0 heterocycles. The minimum Gasteiger partial charge on any atom is -0.481 e. The maximum Gasteiger partial charge on any atom is 0.307 e. The van der Waals surface area contributed by atoms with Crippen molar-refractivity contribution in [2.45, 2.75) is 12.8 Å². The van der Waals surface area contributed by atoms with Crippen LogP contribution in [0.4, 0.5) is 0 Å². The number of carboxylic acid groups (broad SMARTS) is 1. The molecule has 3 heteroatoms. The van der Waals surface area contributed by atoms with Crippen molar-refractivity contribution < 1.29 is 14.7 Å². The average Bonchev–Trinajstić information content (AvgIpc) is 2.32. The zero-order chi connectivity index (χ0) is 7.30. The second-order valence-corrected chi connectivity index (χ2v) is 3.14. The number of fused-ring (bicyclic) bond motifs is 1. The van der Waals surface area contributed by atoms with Gasteiger partial charge in [-0.05, 0) is 11.8 Å². The lowest BCUT2D eigenvalue weighted by Gasteiger charge is -1.93. The second kappa shape index (κ2) is 1.59. The van der Waals surface area contributed by atoms with Crippen LogP contribution in [0.2, 0.25) is 0 Å². The summed E-state index contributed by atoms with van der Waals surface area (Å²) in [6, 6.07) is 0. The van der Waals surface area contributed by atoms with Crippen molar-refractivity contribution in [3.63, 3.8) is 0 Å². The first kappa shape index (κ1) is 5.89. The van der Waals surface area contributed by atoms with Gasteiger partial charge in [-0.2, -0.15) is 0 Å². The Bertz CT molecular complexity index is 195. The molecular formula is C7H8O3. The molecule has 0 bridgehead atoms. The number of ketones is 1. The average molecular weight is 140 g/mol. The van der Waals surface area contributed by atoms with E-state index >= 15 is 0 Å². The van der Waals surface area contributed by atoms with Crippen molar-refractivity contribution in [2.75, 3.05) is 0 Å². The zero-order valence-corrected chi connectivity index (χ0v) is 5.41. The molecule has 54 valence electrons. The standard InChI is InChI=1S/C7H8O3/c8-3-1-4-5(2-3)6(4)7(9)10/h4-6H,1-2H2,(H,9,10)/t4-,5+,6-. The van der Waals surface area contributed by atoms with Crippen LogP contribution in [0.5, 0.6) is 0 Å². The highest BCUT2D eigenvalue weighted by Gasteiger charge is 2.59. The molecule has 10 heavy (non-hydrogen) atoms. The molecule has 2 fully saturated rings.